The van der Waals surface area contributed by atoms with Crippen LogP contribution in [0.4, 0.5) is 5.69 Å². The smallest absolute Gasteiger partial charge is 0.297 e. The van der Waals surface area contributed by atoms with Crippen molar-refractivity contribution in [2.45, 2.75) is 13.5 Å². The molecule has 0 atom stereocenters. The van der Waals surface area contributed by atoms with Crippen molar-refractivity contribution in [3.05, 3.63) is 98.5 Å². The molecule has 0 fully saturated rings. The summed E-state index contributed by atoms with van der Waals surface area (Å²) in [6.07, 6.45) is 1.82. The van der Waals surface area contributed by atoms with Crippen molar-refractivity contribution in [1.82, 2.24) is 13.9 Å². The fourth-order valence-corrected chi connectivity index (χ4v) is 4.40. The number of para-hydroxylation sites is 1. The van der Waals surface area contributed by atoms with Crippen LogP contribution in [-0.4, -0.2) is 13.9 Å². The molecule has 0 amide bonds. The third-order valence-electron chi connectivity index (χ3n) is 4.98. The molecule has 0 aliphatic rings. The van der Waals surface area contributed by atoms with E-state index in [9.17, 15) is 4.79 Å². The van der Waals surface area contributed by atoms with Gasteiger partial charge < -0.3 is 4.57 Å². The Kier molecular flexibility index (Phi) is 5.61. The maximum Gasteiger partial charge on any atom is 0.297 e. The quantitative estimate of drug-likeness (QED) is 0.402. The van der Waals surface area contributed by atoms with E-state index in [4.69, 9.17) is 16.6 Å². The molecule has 2 aromatic carbocycles. The molecular formula is C23H21ClN4OS. The molecule has 4 rings (SSSR count). The van der Waals surface area contributed by atoms with E-state index in [0.29, 0.717) is 17.3 Å². The van der Waals surface area contributed by atoms with Crippen molar-refractivity contribution in [1.29, 1.82) is 0 Å². The zero-order valence-corrected chi connectivity index (χ0v) is 18.3. The van der Waals surface area contributed by atoms with Gasteiger partial charge in [-0.2, -0.15) is 0 Å². The van der Waals surface area contributed by atoms with Crippen LogP contribution in [-0.2, 0) is 13.6 Å². The predicted molar refractivity (Wildman–Crippen MR) is 124 cm³/mol. The van der Waals surface area contributed by atoms with Gasteiger partial charge in [-0.15, -0.1) is 17.9 Å². The average Bonchev–Trinajstić information content (AvgIpc) is 3.24. The molecule has 0 bridgehead atoms. The lowest BCUT2D eigenvalue weighted by molar-refractivity contribution is 0.630. The van der Waals surface area contributed by atoms with Gasteiger partial charge in [-0.05, 0) is 36.8 Å². The molecule has 152 valence electrons. The Morgan fingerprint density at radius 3 is 2.50 bits per heavy atom. The number of nitrogens with zero attached hydrogens (tertiary/aromatic N) is 4. The van der Waals surface area contributed by atoms with E-state index in [-0.39, 0.29) is 5.56 Å². The minimum absolute atomic E-state index is 0.146. The second-order valence-corrected chi connectivity index (χ2v) is 8.10. The third-order valence-corrected chi connectivity index (χ3v) is 6.10. The SMILES string of the molecule is C=CCn1c(-c2ccc(Cl)cc2)cs/c1=N\c1c(C)n(C)n(-c2ccccc2)c1=O. The second kappa shape index (κ2) is 8.34. The summed E-state index contributed by atoms with van der Waals surface area (Å²) >= 11 is 7.53. The first-order valence-corrected chi connectivity index (χ1v) is 10.7. The van der Waals surface area contributed by atoms with Crippen molar-refractivity contribution >= 4 is 28.6 Å². The van der Waals surface area contributed by atoms with E-state index < -0.39 is 0 Å². The van der Waals surface area contributed by atoms with E-state index in [1.54, 1.807) is 4.68 Å². The number of halogens is 1. The number of rotatable bonds is 5. The summed E-state index contributed by atoms with van der Waals surface area (Å²) in [5.74, 6) is 0. The molecular weight excluding hydrogens is 416 g/mol. The van der Waals surface area contributed by atoms with Gasteiger partial charge in [-0.25, -0.2) is 9.67 Å². The number of benzene rings is 2. The van der Waals surface area contributed by atoms with E-state index in [1.807, 2.05) is 84.7 Å². The van der Waals surface area contributed by atoms with Crippen LogP contribution in [0.5, 0.6) is 0 Å². The van der Waals surface area contributed by atoms with Gasteiger partial charge >= 0.3 is 0 Å². The first-order valence-electron chi connectivity index (χ1n) is 9.45. The van der Waals surface area contributed by atoms with Gasteiger partial charge in [0.25, 0.3) is 5.56 Å². The van der Waals surface area contributed by atoms with Crippen LogP contribution in [0.15, 0.2) is 82.4 Å². The maximum atomic E-state index is 13.2. The molecule has 7 heteroatoms. The Bertz CT molecular complexity index is 1320. The minimum atomic E-state index is -0.146. The third kappa shape index (κ3) is 3.60. The summed E-state index contributed by atoms with van der Waals surface area (Å²) in [5.41, 5.74) is 3.94. The Balaban J connectivity index is 1.90. The van der Waals surface area contributed by atoms with E-state index in [0.717, 1.165) is 27.4 Å². The molecule has 5 nitrogen and oxygen atoms in total. The van der Waals surface area contributed by atoms with Gasteiger partial charge in [-0.3, -0.25) is 9.48 Å². The Labute approximate surface area is 183 Å². The fraction of sp³-hybridized carbons (Fsp3) is 0.130. The van der Waals surface area contributed by atoms with Gasteiger partial charge in [0.2, 0.25) is 0 Å². The lowest BCUT2D eigenvalue weighted by atomic mass is 10.2. The molecule has 0 aliphatic heterocycles. The summed E-state index contributed by atoms with van der Waals surface area (Å²) < 4.78 is 5.53. The van der Waals surface area contributed by atoms with E-state index >= 15 is 0 Å². The van der Waals surface area contributed by atoms with Crippen LogP contribution >= 0.6 is 22.9 Å². The average molecular weight is 437 g/mol. The second-order valence-electron chi connectivity index (χ2n) is 6.83. The van der Waals surface area contributed by atoms with E-state index in [2.05, 4.69) is 11.1 Å². The van der Waals surface area contributed by atoms with Gasteiger partial charge in [0, 0.05) is 24.0 Å². The molecule has 0 spiro atoms. The Morgan fingerprint density at radius 2 is 1.83 bits per heavy atom. The van der Waals surface area contributed by atoms with Crippen LogP contribution in [0.1, 0.15) is 5.69 Å². The molecule has 0 saturated heterocycles. The predicted octanol–water partition coefficient (Wildman–Crippen LogP) is 5.09. The van der Waals surface area contributed by atoms with Crippen molar-refractivity contribution in [3.8, 4) is 16.9 Å². The highest BCUT2D eigenvalue weighted by Crippen LogP contribution is 2.23. The standard InChI is InChI=1S/C23H21ClN4OS/c1-4-14-27-20(17-10-12-18(24)13-11-17)15-30-23(27)25-21-16(2)26(3)28(22(21)29)19-8-6-5-7-9-19/h4-13,15H,1,14H2,2-3H3/b25-23-. The summed E-state index contributed by atoms with van der Waals surface area (Å²) in [6.45, 7) is 6.37. The number of aromatic nitrogens is 3. The summed E-state index contributed by atoms with van der Waals surface area (Å²) in [7, 11) is 1.87. The van der Waals surface area contributed by atoms with Gasteiger partial charge in [-0.1, -0.05) is 48.0 Å². The molecule has 0 radical (unpaired) electrons. The number of hydrogen-bond acceptors (Lipinski definition) is 3. The molecule has 2 heterocycles. The summed E-state index contributed by atoms with van der Waals surface area (Å²) in [5, 5.41) is 2.73. The molecule has 0 saturated carbocycles. The molecule has 2 aromatic heterocycles. The van der Waals surface area contributed by atoms with Crippen molar-refractivity contribution < 1.29 is 0 Å². The fourth-order valence-electron chi connectivity index (χ4n) is 3.35. The molecule has 0 unspecified atom stereocenters. The number of thiazole rings is 1. The highest BCUT2D eigenvalue weighted by Gasteiger charge is 2.16. The first kappa shape index (κ1) is 20.2. The summed E-state index contributed by atoms with van der Waals surface area (Å²) in [6, 6.07) is 17.3. The lowest BCUT2D eigenvalue weighted by Gasteiger charge is -2.07. The Hall–Kier alpha value is -3.09. The molecule has 4 aromatic rings. The van der Waals surface area contributed by atoms with Gasteiger partial charge in [0.05, 0.1) is 17.1 Å². The highest BCUT2D eigenvalue weighted by molar-refractivity contribution is 7.07. The topological polar surface area (TPSA) is 44.2 Å². The minimum Gasteiger partial charge on any atom is -0.313 e. The van der Waals surface area contributed by atoms with E-state index in [1.165, 1.54) is 11.3 Å². The largest absolute Gasteiger partial charge is 0.313 e. The molecule has 0 N–H and O–H groups in total. The van der Waals surface area contributed by atoms with Gasteiger partial charge in [0.1, 0.15) is 0 Å². The van der Waals surface area contributed by atoms with Crippen LogP contribution in [0.2, 0.25) is 5.02 Å². The zero-order chi connectivity index (χ0) is 21.3. The van der Waals surface area contributed by atoms with Crippen molar-refractivity contribution in [2.24, 2.45) is 12.0 Å². The highest BCUT2D eigenvalue weighted by atomic mass is 35.5. The van der Waals surface area contributed by atoms with Gasteiger partial charge in [0.15, 0.2) is 10.5 Å². The van der Waals surface area contributed by atoms with Crippen LogP contribution in [0.25, 0.3) is 16.9 Å². The Morgan fingerprint density at radius 1 is 1.13 bits per heavy atom. The lowest BCUT2D eigenvalue weighted by Crippen LogP contribution is -2.20. The van der Waals surface area contributed by atoms with Crippen LogP contribution < -0.4 is 10.4 Å². The van der Waals surface area contributed by atoms with Crippen LogP contribution in [0.3, 0.4) is 0 Å². The number of hydrogen-bond donors (Lipinski definition) is 0. The van der Waals surface area contributed by atoms with Crippen LogP contribution in [0, 0.1) is 6.92 Å². The maximum absolute atomic E-state index is 13.2. The zero-order valence-electron chi connectivity index (χ0n) is 16.7. The first-order chi connectivity index (χ1) is 14.5. The number of allylic oxidation sites excluding steroid dienone is 1. The summed E-state index contributed by atoms with van der Waals surface area (Å²) in [4.78, 5) is 18.7. The van der Waals surface area contributed by atoms with Crippen molar-refractivity contribution in [2.75, 3.05) is 0 Å². The monoisotopic (exact) mass is 436 g/mol. The normalized spacial score (nSPS) is 11.8. The van der Waals surface area contributed by atoms with Crippen molar-refractivity contribution in [3.63, 3.8) is 0 Å². The molecule has 30 heavy (non-hydrogen) atoms. The molecule has 0 aliphatic carbocycles.